The summed E-state index contributed by atoms with van der Waals surface area (Å²) < 4.78 is 0. The molecule has 0 saturated heterocycles. The van der Waals surface area contributed by atoms with Gasteiger partial charge in [-0.3, -0.25) is 9.78 Å². The van der Waals surface area contributed by atoms with Gasteiger partial charge in [-0.2, -0.15) is 5.26 Å². The maximum Gasteiger partial charge on any atom is 0.326 e. The zero-order valence-electron chi connectivity index (χ0n) is 9.67. The second-order valence-corrected chi connectivity index (χ2v) is 3.63. The maximum absolute atomic E-state index is 11.7. The smallest absolute Gasteiger partial charge is 0.326 e. The lowest BCUT2D eigenvalue weighted by atomic mass is 10.1. The first-order chi connectivity index (χ1) is 8.65. The largest absolute Gasteiger partial charge is 0.480 e. The molecule has 6 nitrogen and oxygen atoms in total. The highest BCUT2D eigenvalue weighted by Gasteiger charge is 2.20. The molecule has 0 bridgehead atoms. The van der Waals surface area contributed by atoms with Crippen LogP contribution in [-0.4, -0.2) is 28.0 Å². The quantitative estimate of drug-likeness (QED) is 0.729. The number of carbonyl (C=O) groups is 2. The van der Waals surface area contributed by atoms with Gasteiger partial charge < -0.3 is 10.4 Å². The molecule has 0 spiro atoms. The SMILES string of the molecule is N#CCCC[C@H](NC(=O)c1ccccn1)C(=O)O. The van der Waals surface area contributed by atoms with Crippen molar-refractivity contribution in [1.29, 1.82) is 5.26 Å². The number of aliphatic carboxylic acids is 1. The third kappa shape index (κ3) is 4.22. The molecule has 0 fully saturated rings. The van der Waals surface area contributed by atoms with Crippen LogP contribution in [0.4, 0.5) is 0 Å². The maximum atomic E-state index is 11.7. The zero-order valence-corrected chi connectivity index (χ0v) is 9.67. The Bertz CT molecular complexity index is 453. The van der Waals surface area contributed by atoms with Crippen molar-refractivity contribution < 1.29 is 14.7 Å². The number of nitrogens with one attached hydrogen (secondary N) is 1. The summed E-state index contributed by atoms with van der Waals surface area (Å²) in [6.07, 6.45) is 2.38. The summed E-state index contributed by atoms with van der Waals surface area (Å²) >= 11 is 0. The van der Waals surface area contributed by atoms with E-state index in [2.05, 4.69) is 10.3 Å². The number of aromatic nitrogens is 1. The normalized spacial score (nSPS) is 11.3. The average molecular weight is 247 g/mol. The number of carboxylic acids is 1. The fourth-order valence-corrected chi connectivity index (χ4v) is 1.37. The van der Waals surface area contributed by atoms with Crippen molar-refractivity contribution >= 4 is 11.9 Å². The van der Waals surface area contributed by atoms with E-state index in [1.807, 2.05) is 6.07 Å². The summed E-state index contributed by atoms with van der Waals surface area (Å²) in [5.74, 6) is -1.64. The zero-order chi connectivity index (χ0) is 13.4. The summed E-state index contributed by atoms with van der Waals surface area (Å²) in [5, 5.41) is 19.7. The lowest BCUT2D eigenvalue weighted by Gasteiger charge is -2.13. The summed E-state index contributed by atoms with van der Waals surface area (Å²) in [7, 11) is 0. The molecule has 6 heteroatoms. The Balaban J connectivity index is 2.59. The highest BCUT2D eigenvalue weighted by Crippen LogP contribution is 2.02. The van der Waals surface area contributed by atoms with Gasteiger partial charge in [-0.25, -0.2) is 4.79 Å². The van der Waals surface area contributed by atoms with Crippen LogP contribution in [0.15, 0.2) is 24.4 Å². The molecule has 94 valence electrons. The molecular weight excluding hydrogens is 234 g/mol. The van der Waals surface area contributed by atoms with Gasteiger partial charge in [-0.15, -0.1) is 0 Å². The van der Waals surface area contributed by atoms with Crippen molar-refractivity contribution in [3.8, 4) is 6.07 Å². The van der Waals surface area contributed by atoms with Gasteiger partial charge in [0.2, 0.25) is 0 Å². The molecule has 1 atom stereocenters. The molecule has 0 aliphatic carbocycles. The number of pyridine rings is 1. The molecule has 1 aromatic heterocycles. The second kappa shape index (κ2) is 7.01. The number of carboxylic acid groups (broad SMARTS) is 1. The van der Waals surface area contributed by atoms with Crippen molar-refractivity contribution in [2.75, 3.05) is 0 Å². The van der Waals surface area contributed by atoms with Crippen LogP contribution >= 0.6 is 0 Å². The van der Waals surface area contributed by atoms with E-state index in [1.54, 1.807) is 12.1 Å². The van der Waals surface area contributed by atoms with E-state index in [1.165, 1.54) is 12.3 Å². The number of nitriles is 1. The molecule has 2 N–H and O–H groups in total. The Hall–Kier alpha value is -2.42. The average Bonchev–Trinajstić information content (AvgIpc) is 2.38. The predicted molar refractivity (Wildman–Crippen MR) is 62.6 cm³/mol. The molecule has 1 heterocycles. The van der Waals surface area contributed by atoms with Gasteiger partial charge in [0.25, 0.3) is 5.91 Å². The number of carbonyl (C=O) groups excluding carboxylic acids is 1. The van der Waals surface area contributed by atoms with Gasteiger partial charge in [0.1, 0.15) is 11.7 Å². The predicted octanol–water partition coefficient (Wildman–Crippen LogP) is 0.958. The van der Waals surface area contributed by atoms with Gasteiger partial charge in [0, 0.05) is 12.6 Å². The topological polar surface area (TPSA) is 103 Å². The van der Waals surface area contributed by atoms with Crippen LogP contribution < -0.4 is 5.32 Å². The Morgan fingerprint density at radius 3 is 2.83 bits per heavy atom. The summed E-state index contributed by atoms with van der Waals surface area (Å²) in [6, 6.07) is 5.75. The molecule has 0 radical (unpaired) electrons. The van der Waals surface area contributed by atoms with E-state index in [-0.39, 0.29) is 18.5 Å². The third-order valence-electron chi connectivity index (χ3n) is 2.28. The Kier molecular flexibility index (Phi) is 5.32. The first kappa shape index (κ1) is 13.6. The van der Waals surface area contributed by atoms with Crippen LogP contribution in [0.3, 0.4) is 0 Å². The Morgan fingerprint density at radius 2 is 2.28 bits per heavy atom. The number of unbranched alkanes of at least 4 members (excludes halogenated alkanes) is 1. The van der Waals surface area contributed by atoms with Crippen LogP contribution in [0.2, 0.25) is 0 Å². The molecule has 0 unspecified atom stereocenters. The molecule has 1 rings (SSSR count). The molecule has 1 aromatic rings. The number of hydrogen-bond donors (Lipinski definition) is 2. The highest BCUT2D eigenvalue weighted by atomic mass is 16.4. The lowest BCUT2D eigenvalue weighted by Crippen LogP contribution is -2.41. The van der Waals surface area contributed by atoms with Crippen molar-refractivity contribution in [1.82, 2.24) is 10.3 Å². The fraction of sp³-hybridized carbons (Fsp3) is 0.333. The number of nitrogens with zero attached hydrogens (tertiary/aromatic N) is 2. The monoisotopic (exact) mass is 247 g/mol. The number of amides is 1. The van der Waals surface area contributed by atoms with E-state index in [0.29, 0.717) is 6.42 Å². The molecule has 0 aliphatic rings. The Morgan fingerprint density at radius 1 is 1.50 bits per heavy atom. The molecular formula is C12H13N3O3. The van der Waals surface area contributed by atoms with E-state index in [9.17, 15) is 9.59 Å². The summed E-state index contributed by atoms with van der Waals surface area (Å²) in [4.78, 5) is 26.5. The number of hydrogen-bond acceptors (Lipinski definition) is 4. The Labute approximate surface area is 104 Å². The van der Waals surface area contributed by atoms with E-state index < -0.39 is 17.9 Å². The van der Waals surface area contributed by atoms with Crippen molar-refractivity contribution in [3.63, 3.8) is 0 Å². The molecule has 0 aromatic carbocycles. The van der Waals surface area contributed by atoms with Crippen molar-refractivity contribution in [2.24, 2.45) is 0 Å². The van der Waals surface area contributed by atoms with Crippen molar-refractivity contribution in [3.05, 3.63) is 30.1 Å². The molecule has 18 heavy (non-hydrogen) atoms. The van der Waals surface area contributed by atoms with Crippen LogP contribution in [0, 0.1) is 11.3 Å². The van der Waals surface area contributed by atoms with E-state index in [0.717, 1.165) is 0 Å². The van der Waals surface area contributed by atoms with Crippen LogP contribution in [0.5, 0.6) is 0 Å². The molecule has 1 amide bonds. The third-order valence-corrected chi connectivity index (χ3v) is 2.28. The van der Waals surface area contributed by atoms with Gasteiger partial charge in [0.05, 0.1) is 6.07 Å². The van der Waals surface area contributed by atoms with Gasteiger partial charge >= 0.3 is 5.97 Å². The number of rotatable bonds is 6. The first-order valence-electron chi connectivity index (χ1n) is 5.47. The minimum atomic E-state index is -1.11. The van der Waals surface area contributed by atoms with Gasteiger partial charge in [-0.1, -0.05) is 6.07 Å². The van der Waals surface area contributed by atoms with E-state index >= 15 is 0 Å². The summed E-state index contributed by atoms with van der Waals surface area (Å²) in [6.45, 7) is 0. The van der Waals surface area contributed by atoms with Crippen LogP contribution in [0.25, 0.3) is 0 Å². The standard InChI is InChI=1S/C12H13N3O3/c13-7-3-1-6-10(12(17)18)15-11(16)9-5-2-4-8-14-9/h2,4-5,8,10H,1,3,6H2,(H,15,16)(H,17,18)/t10-/m0/s1. The molecule has 0 saturated carbocycles. The van der Waals surface area contributed by atoms with Gasteiger partial charge in [-0.05, 0) is 25.0 Å². The van der Waals surface area contributed by atoms with Crippen molar-refractivity contribution in [2.45, 2.75) is 25.3 Å². The minimum absolute atomic E-state index is 0.170. The molecule has 0 aliphatic heterocycles. The second-order valence-electron chi connectivity index (χ2n) is 3.63. The van der Waals surface area contributed by atoms with E-state index in [4.69, 9.17) is 10.4 Å². The van der Waals surface area contributed by atoms with Gasteiger partial charge in [0.15, 0.2) is 0 Å². The first-order valence-corrected chi connectivity index (χ1v) is 5.47. The lowest BCUT2D eigenvalue weighted by molar-refractivity contribution is -0.139. The minimum Gasteiger partial charge on any atom is -0.480 e. The summed E-state index contributed by atoms with van der Waals surface area (Å²) in [5.41, 5.74) is 0.170. The van der Waals surface area contributed by atoms with Crippen LogP contribution in [0.1, 0.15) is 29.8 Å². The van der Waals surface area contributed by atoms with Crippen LogP contribution in [-0.2, 0) is 4.79 Å². The highest BCUT2D eigenvalue weighted by molar-refractivity contribution is 5.94. The fourth-order valence-electron chi connectivity index (χ4n) is 1.37.